The molecule has 0 amide bonds. The second-order valence-electron chi connectivity index (χ2n) is 5.57. The summed E-state index contributed by atoms with van der Waals surface area (Å²) < 4.78 is 0. The van der Waals surface area contributed by atoms with Crippen LogP contribution >= 0.6 is 0 Å². The molecule has 0 saturated carbocycles. The van der Waals surface area contributed by atoms with Gasteiger partial charge in [-0.15, -0.1) is 0 Å². The van der Waals surface area contributed by atoms with Crippen LogP contribution in [0, 0.1) is 5.92 Å². The number of unbranched alkanes of at least 4 members (excludes halogenated alkanes) is 1. The number of rotatable bonds is 5. The van der Waals surface area contributed by atoms with Gasteiger partial charge in [0, 0.05) is 6.54 Å². The van der Waals surface area contributed by atoms with Gasteiger partial charge >= 0.3 is 0 Å². The predicted octanol–water partition coefficient (Wildman–Crippen LogP) is 3.69. The van der Waals surface area contributed by atoms with Gasteiger partial charge in [-0.1, -0.05) is 44.5 Å². The molecule has 0 spiro atoms. The van der Waals surface area contributed by atoms with Crippen molar-refractivity contribution < 1.29 is 0 Å². The van der Waals surface area contributed by atoms with Crippen LogP contribution in [0.3, 0.4) is 0 Å². The van der Waals surface area contributed by atoms with Gasteiger partial charge in [-0.25, -0.2) is 0 Å². The Labute approximate surface area is 106 Å². The van der Waals surface area contributed by atoms with Crippen molar-refractivity contribution in [3.8, 4) is 0 Å². The monoisotopic (exact) mass is 231 g/mol. The molecule has 17 heavy (non-hydrogen) atoms. The molecule has 0 bridgehead atoms. The summed E-state index contributed by atoms with van der Waals surface area (Å²) in [6.45, 7) is 7.15. The lowest BCUT2D eigenvalue weighted by molar-refractivity contribution is 0.261. The maximum Gasteiger partial charge on any atom is 0.00155 e. The molecule has 0 heterocycles. The highest BCUT2D eigenvalue weighted by atomic mass is 15.1. The van der Waals surface area contributed by atoms with Crippen molar-refractivity contribution in [3.05, 3.63) is 35.4 Å². The molecule has 1 aromatic rings. The van der Waals surface area contributed by atoms with Crippen LogP contribution in [-0.4, -0.2) is 25.0 Å². The zero-order valence-corrected chi connectivity index (χ0v) is 11.4. The fourth-order valence-electron chi connectivity index (χ4n) is 3.02. The largest absolute Gasteiger partial charge is 0.306 e. The van der Waals surface area contributed by atoms with E-state index in [0.29, 0.717) is 0 Å². The van der Waals surface area contributed by atoms with E-state index in [1.165, 1.54) is 32.4 Å². The first-order valence-electron chi connectivity index (χ1n) is 6.98. The average molecular weight is 231 g/mol. The third kappa shape index (κ3) is 2.90. The van der Waals surface area contributed by atoms with Gasteiger partial charge in [0.2, 0.25) is 0 Å². The van der Waals surface area contributed by atoms with E-state index < -0.39 is 0 Å². The first-order chi connectivity index (χ1) is 8.22. The first kappa shape index (κ1) is 12.6. The molecule has 0 saturated heterocycles. The fraction of sp³-hybridized carbons (Fsp3) is 0.625. The molecule has 1 nitrogen and oxygen atoms in total. The van der Waals surface area contributed by atoms with Crippen LogP contribution in [-0.2, 0) is 6.42 Å². The summed E-state index contributed by atoms with van der Waals surface area (Å²) in [5.41, 5.74) is 3.16. The van der Waals surface area contributed by atoms with E-state index in [2.05, 4.69) is 50.1 Å². The Morgan fingerprint density at radius 1 is 1.29 bits per heavy atom. The Balaban J connectivity index is 1.93. The van der Waals surface area contributed by atoms with E-state index in [1.807, 2.05) is 0 Å². The summed E-state index contributed by atoms with van der Waals surface area (Å²) in [6.07, 6.45) is 3.89. The molecule has 0 radical (unpaired) electrons. The van der Waals surface area contributed by atoms with Gasteiger partial charge in [0.05, 0.1) is 0 Å². The molecule has 2 atom stereocenters. The van der Waals surface area contributed by atoms with Gasteiger partial charge < -0.3 is 4.90 Å². The molecule has 0 fully saturated rings. The quantitative estimate of drug-likeness (QED) is 0.747. The molecule has 0 unspecified atom stereocenters. The van der Waals surface area contributed by atoms with E-state index in [1.54, 1.807) is 11.1 Å². The number of benzene rings is 1. The zero-order chi connectivity index (χ0) is 12.3. The highest BCUT2D eigenvalue weighted by molar-refractivity contribution is 5.35. The van der Waals surface area contributed by atoms with Crippen LogP contribution in [0.15, 0.2) is 24.3 Å². The minimum atomic E-state index is 0.732. The van der Waals surface area contributed by atoms with E-state index in [4.69, 9.17) is 0 Å². The minimum absolute atomic E-state index is 0.732. The lowest BCUT2D eigenvalue weighted by atomic mass is 9.94. The van der Waals surface area contributed by atoms with Crippen molar-refractivity contribution in [2.24, 2.45) is 5.92 Å². The lowest BCUT2D eigenvalue weighted by Crippen LogP contribution is -2.28. The maximum absolute atomic E-state index is 2.51. The Morgan fingerprint density at radius 3 is 2.76 bits per heavy atom. The van der Waals surface area contributed by atoms with Crippen LogP contribution in [0.4, 0.5) is 0 Å². The highest BCUT2D eigenvalue weighted by Gasteiger charge is 2.29. The summed E-state index contributed by atoms with van der Waals surface area (Å²) in [4.78, 5) is 2.51. The SMILES string of the molecule is CCCCN(C)C[C@H]1Cc2ccccc2[C@H]1C. The van der Waals surface area contributed by atoms with Crippen molar-refractivity contribution in [1.29, 1.82) is 0 Å². The lowest BCUT2D eigenvalue weighted by Gasteiger charge is -2.23. The second kappa shape index (κ2) is 5.68. The molecule has 0 aliphatic heterocycles. The molecule has 2 rings (SSSR count). The first-order valence-corrected chi connectivity index (χ1v) is 6.98. The summed E-state index contributed by atoms with van der Waals surface area (Å²) in [5.74, 6) is 1.55. The Hall–Kier alpha value is -0.820. The standard InChI is InChI=1S/C16H25N/c1-4-5-10-17(3)12-15-11-14-8-6-7-9-16(14)13(15)2/h6-9,13,15H,4-5,10-12H2,1-3H3/t13-,15+/m0/s1. The van der Waals surface area contributed by atoms with E-state index in [9.17, 15) is 0 Å². The molecule has 94 valence electrons. The summed E-state index contributed by atoms with van der Waals surface area (Å²) in [5, 5.41) is 0. The van der Waals surface area contributed by atoms with Gasteiger partial charge in [-0.2, -0.15) is 0 Å². The van der Waals surface area contributed by atoms with Crippen LogP contribution in [0.1, 0.15) is 43.7 Å². The maximum atomic E-state index is 2.51. The number of hydrogen-bond donors (Lipinski definition) is 0. The normalized spacial score (nSPS) is 23.1. The fourth-order valence-corrected chi connectivity index (χ4v) is 3.02. The molecule has 1 heteroatoms. The van der Waals surface area contributed by atoms with Gasteiger partial charge in [-0.3, -0.25) is 0 Å². The van der Waals surface area contributed by atoms with Crippen LogP contribution in [0.25, 0.3) is 0 Å². The van der Waals surface area contributed by atoms with E-state index in [-0.39, 0.29) is 0 Å². The number of nitrogens with zero attached hydrogens (tertiary/aromatic N) is 1. The molecule has 1 aliphatic carbocycles. The van der Waals surface area contributed by atoms with Crippen LogP contribution < -0.4 is 0 Å². The molecule has 1 aromatic carbocycles. The van der Waals surface area contributed by atoms with E-state index >= 15 is 0 Å². The van der Waals surface area contributed by atoms with Crippen molar-refractivity contribution >= 4 is 0 Å². The third-order valence-corrected chi connectivity index (χ3v) is 4.17. The smallest absolute Gasteiger partial charge is 0.00155 e. The van der Waals surface area contributed by atoms with Gasteiger partial charge in [0.15, 0.2) is 0 Å². The molecule has 0 aromatic heterocycles. The summed E-state index contributed by atoms with van der Waals surface area (Å²) >= 11 is 0. The number of hydrogen-bond acceptors (Lipinski definition) is 1. The second-order valence-corrected chi connectivity index (χ2v) is 5.57. The molecule has 0 N–H and O–H groups in total. The topological polar surface area (TPSA) is 3.24 Å². The third-order valence-electron chi connectivity index (χ3n) is 4.17. The van der Waals surface area contributed by atoms with Gasteiger partial charge in [-0.05, 0) is 49.4 Å². The van der Waals surface area contributed by atoms with Crippen molar-refractivity contribution in [1.82, 2.24) is 4.90 Å². The zero-order valence-electron chi connectivity index (χ0n) is 11.4. The number of fused-ring (bicyclic) bond motifs is 1. The predicted molar refractivity (Wildman–Crippen MR) is 74.5 cm³/mol. The Morgan fingerprint density at radius 2 is 2.06 bits per heavy atom. The van der Waals surface area contributed by atoms with Crippen LogP contribution in [0.2, 0.25) is 0 Å². The highest BCUT2D eigenvalue weighted by Crippen LogP contribution is 2.37. The Bertz CT molecular complexity index is 358. The molecule has 1 aliphatic rings. The summed E-state index contributed by atoms with van der Waals surface area (Å²) in [7, 11) is 2.27. The van der Waals surface area contributed by atoms with E-state index in [0.717, 1.165) is 11.8 Å². The van der Waals surface area contributed by atoms with Crippen LogP contribution in [0.5, 0.6) is 0 Å². The summed E-state index contributed by atoms with van der Waals surface area (Å²) in [6, 6.07) is 8.97. The molecular weight excluding hydrogens is 206 g/mol. The average Bonchev–Trinajstić information content (AvgIpc) is 2.64. The minimum Gasteiger partial charge on any atom is -0.306 e. The Kier molecular flexibility index (Phi) is 4.22. The van der Waals surface area contributed by atoms with Crippen molar-refractivity contribution in [2.45, 2.75) is 39.0 Å². The van der Waals surface area contributed by atoms with Gasteiger partial charge in [0.25, 0.3) is 0 Å². The van der Waals surface area contributed by atoms with Crippen molar-refractivity contribution in [2.75, 3.05) is 20.1 Å². The van der Waals surface area contributed by atoms with Gasteiger partial charge in [0.1, 0.15) is 0 Å². The molecular formula is C16H25N. The van der Waals surface area contributed by atoms with Crippen molar-refractivity contribution in [3.63, 3.8) is 0 Å².